The molecule has 0 aliphatic rings. The molecule has 0 saturated carbocycles. The van der Waals surface area contributed by atoms with Gasteiger partial charge in [-0.15, -0.1) is 0 Å². The Morgan fingerprint density at radius 2 is 1.65 bits per heavy atom. The minimum Gasteiger partial charge on any atom is -0.278 e. The second kappa shape index (κ2) is 5.89. The lowest BCUT2D eigenvalue weighted by atomic mass is 10.1. The number of hydrazone groups is 1. The Morgan fingerprint density at radius 1 is 0.783 bits per heavy atom. The molecule has 3 aromatic carbocycles. The van der Waals surface area contributed by atoms with Gasteiger partial charge in [0.25, 0.3) is 0 Å². The van der Waals surface area contributed by atoms with E-state index in [-0.39, 0.29) is 0 Å². The van der Waals surface area contributed by atoms with E-state index in [9.17, 15) is 0 Å². The van der Waals surface area contributed by atoms with Crippen LogP contribution in [0.1, 0.15) is 5.56 Å². The fraction of sp³-hybridized carbons (Fsp3) is 0. The van der Waals surface area contributed by atoms with Crippen LogP contribution in [0.15, 0.2) is 84.1 Å². The molecule has 3 nitrogen and oxygen atoms in total. The Labute approximate surface area is 134 Å². The summed E-state index contributed by atoms with van der Waals surface area (Å²) >= 11 is 0. The zero-order valence-corrected chi connectivity index (χ0v) is 12.5. The average Bonchev–Trinajstić information content (AvgIpc) is 2.61. The quantitative estimate of drug-likeness (QED) is 0.434. The highest BCUT2D eigenvalue weighted by Gasteiger charge is 1.96. The van der Waals surface area contributed by atoms with Gasteiger partial charge in [-0.1, -0.05) is 42.5 Å². The summed E-state index contributed by atoms with van der Waals surface area (Å²) in [6.45, 7) is 0. The molecule has 1 heterocycles. The highest BCUT2D eigenvalue weighted by atomic mass is 15.3. The van der Waals surface area contributed by atoms with Crippen LogP contribution in [0.3, 0.4) is 0 Å². The number of aromatic nitrogens is 1. The van der Waals surface area contributed by atoms with Crippen LogP contribution in [-0.2, 0) is 0 Å². The van der Waals surface area contributed by atoms with E-state index in [4.69, 9.17) is 0 Å². The molecule has 0 aliphatic heterocycles. The van der Waals surface area contributed by atoms with Crippen LogP contribution >= 0.6 is 0 Å². The Bertz CT molecular complexity index is 1010. The first-order valence-electron chi connectivity index (χ1n) is 7.51. The Morgan fingerprint density at radius 3 is 2.61 bits per heavy atom. The van der Waals surface area contributed by atoms with Crippen LogP contribution in [0.5, 0.6) is 0 Å². The number of nitrogens with one attached hydrogen (secondary N) is 1. The summed E-state index contributed by atoms with van der Waals surface area (Å²) in [4.78, 5) is 4.32. The third-order valence-corrected chi connectivity index (χ3v) is 3.78. The molecular weight excluding hydrogens is 282 g/mol. The molecule has 1 N–H and O–H groups in total. The fourth-order valence-electron chi connectivity index (χ4n) is 2.61. The summed E-state index contributed by atoms with van der Waals surface area (Å²) in [5.41, 5.74) is 6.09. The van der Waals surface area contributed by atoms with Crippen molar-refractivity contribution in [2.24, 2.45) is 5.10 Å². The lowest BCUT2D eigenvalue weighted by Gasteiger charge is -2.03. The van der Waals surface area contributed by atoms with E-state index in [1.807, 2.05) is 42.6 Å². The van der Waals surface area contributed by atoms with E-state index in [2.05, 4.69) is 51.9 Å². The molecule has 23 heavy (non-hydrogen) atoms. The SMILES string of the molecule is C(=N\Nc1ccc2ccccc2c1)/c1ccc2ncccc2c1. The van der Waals surface area contributed by atoms with E-state index >= 15 is 0 Å². The number of nitrogens with zero attached hydrogens (tertiary/aromatic N) is 2. The van der Waals surface area contributed by atoms with Crippen molar-refractivity contribution >= 4 is 33.6 Å². The van der Waals surface area contributed by atoms with Gasteiger partial charge in [-0.3, -0.25) is 10.4 Å². The van der Waals surface area contributed by atoms with Crippen molar-refractivity contribution in [2.75, 3.05) is 5.43 Å². The van der Waals surface area contributed by atoms with Crippen LogP contribution in [0.2, 0.25) is 0 Å². The number of rotatable bonds is 3. The van der Waals surface area contributed by atoms with E-state index < -0.39 is 0 Å². The van der Waals surface area contributed by atoms with Gasteiger partial charge < -0.3 is 0 Å². The number of hydrogen-bond donors (Lipinski definition) is 1. The third-order valence-electron chi connectivity index (χ3n) is 3.78. The van der Waals surface area contributed by atoms with Crippen molar-refractivity contribution in [1.82, 2.24) is 4.98 Å². The van der Waals surface area contributed by atoms with Gasteiger partial charge in [0.2, 0.25) is 0 Å². The molecule has 0 spiro atoms. The first kappa shape index (κ1) is 13.5. The lowest BCUT2D eigenvalue weighted by molar-refractivity contribution is 1.35. The molecule has 0 fully saturated rings. The molecule has 0 aliphatic carbocycles. The first-order valence-corrected chi connectivity index (χ1v) is 7.51. The van der Waals surface area contributed by atoms with Gasteiger partial charge in [0.15, 0.2) is 0 Å². The molecule has 1 aromatic heterocycles. The normalized spacial score (nSPS) is 11.3. The second-order valence-electron chi connectivity index (χ2n) is 5.39. The van der Waals surface area contributed by atoms with Gasteiger partial charge in [0, 0.05) is 11.6 Å². The van der Waals surface area contributed by atoms with Gasteiger partial charge in [0.05, 0.1) is 17.4 Å². The summed E-state index contributed by atoms with van der Waals surface area (Å²) in [5.74, 6) is 0. The molecular formula is C20H15N3. The number of benzene rings is 3. The minimum atomic E-state index is 0.974. The maximum absolute atomic E-state index is 4.33. The Balaban J connectivity index is 1.55. The maximum atomic E-state index is 4.33. The summed E-state index contributed by atoms with van der Waals surface area (Å²) in [6.07, 6.45) is 3.62. The van der Waals surface area contributed by atoms with Crippen LogP contribution in [-0.4, -0.2) is 11.2 Å². The van der Waals surface area contributed by atoms with Crippen molar-refractivity contribution in [1.29, 1.82) is 0 Å². The first-order chi connectivity index (χ1) is 11.4. The number of anilines is 1. The molecule has 0 unspecified atom stereocenters. The summed E-state index contributed by atoms with van der Waals surface area (Å²) in [6, 6.07) is 24.6. The van der Waals surface area contributed by atoms with Crippen LogP contribution in [0, 0.1) is 0 Å². The van der Waals surface area contributed by atoms with Crippen molar-refractivity contribution in [3.63, 3.8) is 0 Å². The second-order valence-corrected chi connectivity index (χ2v) is 5.39. The number of pyridine rings is 1. The van der Waals surface area contributed by atoms with E-state index in [0.29, 0.717) is 0 Å². The molecule has 0 radical (unpaired) electrons. The number of hydrogen-bond acceptors (Lipinski definition) is 3. The highest BCUT2D eigenvalue weighted by molar-refractivity contribution is 5.89. The average molecular weight is 297 g/mol. The largest absolute Gasteiger partial charge is 0.278 e. The van der Waals surface area contributed by atoms with Gasteiger partial charge in [0.1, 0.15) is 0 Å². The Hall–Kier alpha value is -3.20. The molecule has 0 bridgehead atoms. The van der Waals surface area contributed by atoms with Crippen molar-refractivity contribution in [3.05, 3.63) is 84.6 Å². The fourth-order valence-corrected chi connectivity index (χ4v) is 2.61. The molecule has 0 atom stereocenters. The zero-order chi connectivity index (χ0) is 15.5. The molecule has 4 aromatic rings. The van der Waals surface area contributed by atoms with Crippen molar-refractivity contribution in [2.45, 2.75) is 0 Å². The van der Waals surface area contributed by atoms with E-state index in [0.717, 1.165) is 22.2 Å². The Kier molecular flexibility index (Phi) is 3.45. The summed E-state index contributed by atoms with van der Waals surface area (Å²) < 4.78 is 0. The van der Waals surface area contributed by atoms with Gasteiger partial charge in [-0.05, 0) is 46.7 Å². The van der Waals surface area contributed by atoms with Gasteiger partial charge in [-0.2, -0.15) is 5.10 Å². The molecule has 0 saturated heterocycles. The third kappa shape index (κ3) is 2.90. The molecule has 110 valence electrons. The maximum Gasteiger partial charge on any atom is 0.0702 e. The van der Waals surface area contributed by atoms with Gasteiger partial charge >= 0.3 is 0 Å². The predicted molar refractivity (Wildman–Crippen MR) is 96.9 cm³/mol. The van der Waals surface area contributed by atoms with Gasteiger partial charge in [-0.25, -0.2) is 0 Å². The minimum absolute atomic E-state index is 0.974. The van der Waals surface area contributed by atoms with E-state index in [1.54, 1.807) is 6.20 Å². The van der Waals surface area contributed by atoms with Crippen LogP contribution < -0.4 is 5.43 Å². The molecule has 4 rings (SSSR count). The predicted octanol–water partition coefficient (Wildman–Crippen LogP) is 4.83. The summed E-state index contributed by atoms with van der Waals surface area (Å²) in [7, 11) is 0. The highest BCUT2D eigenvalue weighted by Crippen LogP contribution is 2.18. The smallest absolute Gasteiger partial charge is 0.0702 e. The van der Waals surface area contributed by atoms with Crippen molar-refractivity contribution < 1.29 is 0 Å². The topological polar surface area (TPSA) is 37.3 Å². The van der Waals surface area contributed by atoms with Crippen LogP contribution in [0.25, 0.3) is 21.7 Å². The summed E-state index contributed by atoms with van der Waals surface area (Å²) in [5, 5.41) is 7.87. The zero-order valence-electron chi connectivity index (χ0n) is 12.5. The van der Waals surface area contributed by atoms with E-state index in [1.165, 1.54) is 10.8 Å². The molecule has 0 amide bonds. The van der Waals surface area contributed by atoms with Crippen LogP contribution in [0.4, 0.5) is 5.69 Å². The van der Waals surface area contributed by atoms with Crippen molar-refractivity contribution in [3.8, 4) is 0 Å². The molecule has 3 heteroatoms. The standard InChI is InChI=1S/C20H15N3/c1-2-5-17-13-19(9-8-16(17)4-1)23-22-14-15-7-10-20-18(12-15)6-3-11-21-20/h1-14,23H/b22-14+. The monoisotopic (exact) mass is 297 g/mol. The number of fused-ring (bicyclic) bond motifs is 2. The lowest BCUT2D eigenvalue weighted by Crippen LogP contribution is -1.91.